The Labute approximate surface area is 352 Å². The summed E-state index contributed by atoms with van der Waals surface area (Å²) >= 11 is 0. The van der Waals surface area contributed by atoms with Crippen LogP contribution in [-0.4, -0.2) is 33.9 Å². The van der Waals surface area contributed by atoms with E-state index in [9.17, 15) is 0 Å². The maximum Gasteiger partial charge on any atom is 2.00 e. The molecule has 10 rings (SSSR count). The minimum Gasteiger partial charge on any atom is -0.316 e. The predicted octanol–water partition coefficient (Wildman–Crippen LogP) is 11.9. The molecule has 0 aliphatic rings. The molecule has 7 nitrogen and oxygen atoms in total. The van der Waals surface area contributed by atoms with E-state index >= 15 is 0 Å². The molecule has 8 heteroatoms. The van der Waals surface area contributed by atoms with Crippen molar-refractivity contribution < 1.29 is 21.1 Å². The van der Waals surface area contributed by atoms with Crippen molar-refractivity contribution in [2.24, 2.45) is 0 Å². The number of pyridine rings is 1. The zero-order valence-electron chi connectivity index (χ0n) is 33.6. The van der Waals surface area contributed by atoms with Crippen LogP contribution >= 0.6 is 0 Å². The molecule has 10 aromatic rings. The summed E-state index contributed by atoms with van der Waals surface area (Å²) in [5, 5.41) is 24.5. The Bertz CT molecular complexity index is 3170. The van der Waals surface area contributed by atoms with E-state index < -0.39 is 5.41 Å². The first-order valence-electron chi connectivity index (χ1n) is 19.8. The fraction of sp³-hybridized carbons (Fsp3) is 0.200. The zero-order valence-corrected chi connectivity index (χ0v) is 35.9. The quantitative estimate of drug-likeness (QED) is 0.118. The Balaban J connectivity index is 0.00000436. The first-order chi connectivity index (χ1) is 27.6. The Morgan fingerprint density at radius 2 is 1.22 bits per heavy atom. The summed E-state index contributed by atoms with van der Waals surface area (Å²) < 4.78 is 6.61. The van der Waals surface area contributed by atoms with Gasteiger partial charge in [0.1, 0.15) is 6.33 Å². The van der Waals surface area contributed by atoms with Crippen molar-refractivity contribution in [3.63, 3.8) is 0 Å². The van der Waals surface area contributed by atoms with Gasteiger partial charge in [-0.05, 0) is 63.8 Å². The molecular weight excluding hydrogens is 894 g/mol. The Morgan fingerprint density at radius 3 is 1.93 bits per heavy atom. The molecule has 288 valence electrons. The number of fused-ring (bicyclic) bond motifs is 9. The molecule has 0 bridgehead atoms. The summed E-state index contributed by atoms with van der Waals surface area (Å²) in [6.45, 7) is 15.6. The minimum atomic E-state index is -0.478. The number of para-hydroxylation sites is 3. The molecule has 4 aromatic heterocycles. The van der Waals surface area contributed by atoms with Gasteiger partial charge in [-0.2, -0.15) is 28.9 Å². The molecule has 0 atom stereocenters. The van der Waals surface area contributed by atoms with Crippen LogP contribution in [0.4, 0.5) is 0 Å². The van der Waals surface area contributed by atoms with Crippen LogP contribution < -0.4 is 0 Å². The molecule has 0 aliphatic carbocycles. The largest absolute Gasteiger partial charge is 2.00 e. The summed E-state index contributed by atoms with van der Waals surface area (Å²) in [5.74, 6) is 2.20. The van der Waals surface area contributed by atoms with Crippen molar-refractivity contribution in [2.45, 2.75) is 65.7 Å². The van der Waals surface area contributed by atoms with E-state index in [1.807, 2.05) is 6.33 Å². The maximum atomic E-state index is 4.84. The first kappa shape index (κ1) is 37.7. The van der Waals surface area contributed by atoms with Crippen LogP contribution in [-0.2, 0) is 26.5 Å². The molecule has 0 saturated heterocycles. The third-order valence-corrected chi connectivity index (χ3v) is 11.9. The second-order valence-electron chi connectivity index (χ2n) is 16.4. The molecule has 0 spiro atoms. The van der Waals surface area contributed by atoms with E-state index in [2.05, 4.69) is 194 Å². The van der Waals surface area contributed by atoms with Gasteiger partial charge in [0.15, 0.2) is 5.82 Å². The van der Waals surface area contributed by atoms with Crippen LogP contribution in [0.1, 0.15) is 81.2 Å². The Hall–Kier alpha value is -5.91. The molecule has 0 aliphatic heterocycles. The van der Waals surface area contributed by atoms with E-state index in [4.69, 9.17) is 15.3 Å². The van der Waals surface area contributed by atoms with Crippen LogP contribution in [0.5, 0.6) is 0 Å². The topological polar surface area (TPSA) is 65.8 Å². The predicted molar refractivity (Wildman–Crippen MR) is 232 cm³/mol. The minimum absolute atomic E-state index is 0. The summed E-state index contributed by atoms with van der Waals surface area (Å²) in [6.07, 6.45) is 1.86. The smallest absolute Gasteiger partial charge is 0.316 e. The zero-order chi connectivity index (χ0) is 39.2. The van der Waals surface area contributed by atoms with Gasteiger partial charge in [0.2, 0.25) is 5.95 Å². The molecule has 4 heterocycles. The van der Waals surface area contributed by atoms with E-state index in [0.717, 1.165) is 88.8 Å². The molecule has 6 aromatic carbocycles. The number of hydrogen-bond acceptors (Lipinski definition) is 4. The van der Waals surface area contributed by atoms with Gasteiger partial charge in [0.25, 0.3) is 0 Å². The third kappa shape index (κ3) is 5.66. The normalized spacial score (nSPS) is 12.2. The molecule has 0 fully saturated rings. The average molecular weight is 937 g/mol. The number of hydrogen-bond donors (Lipinski definition) is 0. The van der Waals surface area contributed by atoms with Crippen molar-refractivity contribution in [2.75, 3.05) is 0 Å². The number of aryl methyl sites for hydroxylation is 1. The van der Waals surface area contributed by atoms with E-state index in [1.54, 1.807) is 0 Å². The van der Waals surface area contributed by atoms with Crippen LogP contribution in [0.2, 0.25) is 0 Å². The third-order valence-electron chi connectivity index (χ3n) is 11.9. The number of rotatable bonds is 7. The fourth-order valence-electron chi connectivity index (χ4n) is 8.77. The number of aromatic nitrogens is 7. The second kappa shape index (κ2) is 14.2. The number of benzene rings is 6. The second-order valence-corrected chi connectivity index (χ2v) is 16.4. The average Bonchev–Trinajstić information content (AvgIpc) is 3.96. The van der Waals surface area contributed by atoms with Gasteiger partial charge in [0.05, 0.1) is 11.3 Å². The Kier molecular flexibility index (Phi) is 9.20. The molecule has 58 heavy (non-hydrogen) atoms. The van der Waals surface area contributed by atoms with Crippen LogP contribution in [0, 0.1) is 19.1 Å². The van der Waals surface area contributed by atoms with Gasteiger partial charge in [-0.25, -0.2) is 0 Å². The van der Waals surface area contributed by atoms with Crippen LogP contribution in [0.3, 0.4) is 0 Å². The summed E-state index contributed by atoms with van der Waals surface area (Å²) in [5.41, 5.74) is 11.4. The van der Waals surface area contributed by atoms with E-state index in [-0.39, 0.29) is 21.1 Å². The summed E-state index contributed by atoms with van der Waals surface area (Å²) in [6, 6.07) is 48.8. The summed E-state index contributed by atoms with van der Waals surface area (Å²) in [7, 11) is 0. The van der Waals surface area contributed by atoms with Crippen molar-refractivity contribution >= 4 is 49.1 Å². The molecule has 0 saturated carbocycles. The Morgan fingerprint density at radius 1 is 0.603 bits per heavy atom. The van der Waals surface area contributed by atoms with Crippen molar-refractivity contribution in [1.29, 1.82) is 0 Å². The van der Waals surface area contributed by atoms with Crippen molar-refractivity contribution in [1.82, 2.24) is 33.9 Å². The van der Waals surface area contributed by atoms with Gasteiger partial charge in [-0.3, -0.25) is 4.57 Å². The molecule has 0 radical (unpaired) electrons. The molecule has 0 amide bonds. The first-order valence-corrected chi connectivity index (χ1v) is 19.8. The molecular formula is C50H43N7Pt. The van der Waals surface area contributed by atoms with Crippen LogP contribution in [0.15, 0.2) is 122 Å². The molecule has 0 N–H and O–H groups in total. The standard InChI is InChI=1S/C50H43N7.Pt/c1-30(2)35-19-14-20-36(31(3)4)46(35)55-29-51-54-49(55)56-43-21-12-11-18-40(43)41-26-24-34(28-45(41)56)50(6,7)33-23-25-38-39-17-10-13-22-44(39)57-47(37-16-9-8-15-32(37)5)52-53-48(57)42(38)27-33;/h8-26,29-31H,1-7H3;/q-2;+2. The van der Waals surface area contributed by atoms with E-state index in [1.165, 1.54) is 11.1 Å². The van der Waals surface area contributed by atoms with Gasteiger partial charge >= 0.3 is 21.1 Å². The van der Waals surface area contributed by atoms with Gasteiger partial charge in [0, 0.05) is 16.6 Å². The van der Waals surface area contributed by atoms with Gasteiger partial charge in [-0.15, -0.1) is 44.4 Å². The monoisotopic (exact) mass is 936 g/mol. The van der Waals surface area contributed by atoms with E-state index in [0.29, 0.717) is 11.8 Å². The van der Waals surface area contributed by atoms with Crippen molar-refractivity contribution in [3.8, 4) is 23.0 Å². The SMILES string of the molecule is Cc1ccccc1-c1nnc2c3[c-]c(C(C)(C)c4[c-]c5c(cc4)c4ccccc4n5-c4nncn4-c4c(C(C)C)cccc4C(C)C)ccc3c3ccccc3n12.[Pt+2]. The maximum absolute atomic E-state index is 4.84. The van der Waals surface area contributed by atoms with Gasteiger partial charge in [-0.1, -0.05) is 137 Å². The molecule has 0 unspecified atom stereocenters. The summed E-state index contributed by atoms with van der Waals surface area (Å²) in [4.78, 5) is 0. The van der Waals surface area contributed by atoms with Crippen LogP contribution in [0.25, 0.3) is 72.2 Å². The van der Waals surface area contributed by atoms with Crippen molar-refractivity contribution in [3.05, 3.63) is 162 Å². The van der Waals surface area contributed by atoms with Gasteiger partial charge < -0.3 is 8.97 Å². The fourth-order valence-corrected chi connectivity index (χ4v) is 8.77. The number of nitrogens with zero attached hydrogens (tertiary/aromatic N) is 7.